The molecule has 2 heterocycles. The van der Waals surface area contributed by atoms with Crippen molar-refractivity contribution in [3.8, 4) is 0 Å². The van der Waals surface area contributed by atoms with Crippen molar-refractivity contribution in [3.05, 3.63) is 47.8 Å². The van der Waals surface area contributed by atoms with E-state index in [1.165, 1.54) is 4.90 Å². The third-order valence-corrected chi connectivity index (χ3v) is 5.98. The summed E-state index contributed by atoms with van der Waals surface area (Å²) in [7, 11) is -4.17. The van der Waals surface area contributed by atoms with Gasteiger partial charge in [0.15, 0.2) is 5.69 Å². The van der Waals surface area contributed by atoms with Gasteiger partial charge in [0.25, 0.3) is 5.91 Å². The molecule has 3 rings (SSSR count). The number of sulfone groups is 1. The van der Waals surface area contributed by atoms with Gasteiger partial charge in [0.05, 0.1) is 39.7 Å². The number of alkyl halides is 3. The van der Waals surface area contributed by atoms with Gasteiger partial charge in [-0.2, -0.15) is 13.2 Å². The molecule has 1 saturated heterocycles. The Balaban J connectivity index is 1.87. The van der Waals surface area contributed by atoms with Crippen molar-refractivity contribution < 1.29 is 31.5 Å². The Kier molecular flexibility index (Phi) is 4.63. The average Bonchev–Trinajstić information content (AvgIpc) is 2.58. The normalized spacial score (nSPS) is 16.5. The topological polar surface area (TPSA) is 114 Å². The molecule has 1 fully saturated rings. The molecule has 2 aromatic rings. The van der Waals surface area contributed by atoms with Crippen LogP contribution in [0.2, 0.25) is 0 Å². The molecular weight excluding hydrogens is 399 g/mol. The van der Waals surface area contributed by atoms with Crippen LogP contribution in [-0.2, 0) is 16.0 Å². The minimum atomic E-state index is -4.59. The van der Waals surface area contributed by atoms with Crippen LogP contribution in [0.4, 0.5) is 18.9 Å². The minimum Gasteiger partial charge on any atom is -0.397 e. The molecule has 1 amide bonds. The van der Waals surface area contributed by atoms with Crippen LogP contribution in [0.25, 0.3) is 0 Å². The molecular formula is C17H16F3N3O4S. The highest BCUT2D eigenvalue weighted by atomic mass is 32.2. The van der Waals surface area contributed by atoms with Crippen molar-refractivity contribution in [2.75, 3.05) is 18.8 Å². The van der Waals surface area contributed by atoms with E-state index in [0.29, 0.717) is 12.1 Å². The Morgan fingerprint density at radius 2 is 1.79 bits per heavy atom. The number of nitrogens with two attached hydrogens (primary N) is 1. The number of nitrogens with zero attached hydrogens (tertiary/aromatic N) is 2. The number of halogens is 3. The van der Waals surface area contributed by atoms with Crippen molar-refractivity contribution in [1.29, 1.82) is 0 Å². The van der Waals surface area contributed by atoms with Crippen LogP contribution in [0, 0.1) is 0 Å². The van der Waals surface area contributed by atoms with E-state index in [2.05, 4.69) is 4.98 Å². The van der Waals surface area contributed by atoms with Gasteiger partial charge in [-0.3, -0.25) is 4.79 Å². The molecule has 28 heavy (non-hydrogen) atoms. The molecule has 0 saturated carbocycles. The number of aromatic nitrogens is 1. The molecule has 1 aromatic carbocycles. The standard InChI is InChI=1S/C17H16F3N3O4S/c1-16(25)8-23(9-16)15(24)14-13(21)6-12(7-22-14)28(26,27)11-4-2-10(3-5-11)17(18,19)20/h2-7,25H,8-9,21H2,1H3. The number of hydrogen-bond donors (Lipinski definition) is 2. The van der Waals surface area contributed by atoms with Gasteiger partial charge in [-0.1, -0.05) is 0 Å². The molecule has 11 heteroatoms. The van der Waals surface area contributed by atoms with Crippen LogP contribution >= 0.6 is 0 Å². The predicted molar refractivity (Wildman–Crippen MR) is 92.1 cm³/mol. The van der Waals surface area contributed by atoms with Crippen molar-refractivity contribution in [2.45, 2.75) is 28.5 Å². The monoisotopic (exact) mass is 415 g/mol. The number of aliphatic hydroxyl groups is 1. The van der Waals surface area contributed by atoms with Gasteiger partial charge in [-0.05, 0) is 37.3 Å². The summed E-state index contributed by atoms with van der Waals surface area (Å²) < 4.78 is 63.1. The third kappa shape index (κ3) is 3.67. The van der Waals surface area contributed by atoms with Gasteiger partial charge in [-0.25, -0.2) is 13.4 Å². The van der Waals surface area contributed by atoms with Gasteiger partial charge in [0.2, 0.25) is 9.84 Å². The summed E-state index contributed by atoms with van der Waals surface area (Å²) in [5.41, 5.74) is 3.46. The number of nitrogen functional groups attached to an aromatic ring is 1. The quantitative estimate of drug-likeness (QED) is 0.789. The van der Waals surface area contributed by atoms with E-state index in [0.717, 1.165) is 24.4 Å². The van der Waals surface area contributed by atoms with Gasteiger partial charge < -0.3 is 15.7 Å². The second kappa shape index (κ2) is 6.45. The largest absolute Gasteiger partial charge is 0.416 e. The Morgan fingerprint density at radius 3 is 2.25 bits per heavy atom. The molecule has 7 nitrogen and oxygen atoms in total. The van der Waals surface area contributed by atoms with Crippen LogP contribution in [0.15, 0.2) is 46.3 Å². The van der Waals surface area contributed by atoms with Crippen molar-refractivity contribution in [3.63, 3.8) is 0 Å². The van der Waals surface area contributed by atoms with E-state index < -0.39 is 33.1 Å². The van der Waals surface area contributed by atoms with Crippen molar-refractivity contribution >= 4 is 21.4 Å². The first-order valence-electron chi connectivity index (χ1n) is 8.01. The highest BCUT2D eigenvalue weighted by Gasteiger charge is 2.40. The number of benzene rings is 1. The van der Waals surface area contributed by atoms with Gasteiger partial charge >= 0.3 is 6.18 Å². The highest BCUT2D eigenvalue weighted by molar-refractivity contribution is 7.91. The van der Waals surface area contributed by atoms with Crippen LogP contribution in [-0.4, -0.2) is 48.0 Å². The fraction of sp³-hybridized carbons (Fsp3) is 0.294. The van der Waals surface area contributed by atoms with Crippen LogP contribution in [0.5, 0.6) is 0 Å². The number of hydrogen-bond acceptors (Lipinski definition) is 6. The summed E-state index contributed by atoms with van der Waals surface area (Å²) in [6, 6.07) is 4.05. The zero-order chi connectivity index (χ0) is 20.9. The summed E-state index contributed by atoms with van der Waals surface area (Å²) in [6.45, 7) is 1.75. The fourth-order valence-electron chi connectivity index (χ4n) is 2.82. The van der Waals surface area contributed by atoms with Gasteiger partial charge in [0, 0.05) is 6.20 Å². The number of β-amino-alcohol motifs (C(OH)–C–C–N with tert-alkyl or cyclic N) is 1. The lowest BCUT2D eigenvalue weighted by atomic mass is 9.96. The lowest BCUT2D eigenvalue weighted by Gasteiger charge is -2.43. The van der Waals surface area contributed by atoms with Crippen LogP contribution in [0.1, 0.15) is 23.0 Å². The fourth-order valence-corrected chi connectivity index (χ4v) is 4.06. The third-order valence-electron chi connectivity index (χ3n) is 4.25. The van der Waals surface area contributed by atoms with Gasteiger partial charge in [0.1, 0.15) is 0 Å². The molecule has 0 unspecified atom stereocenters. The Hall–Kier alpha value is -2.66. The number of pyridine rings is 1. The number of anilines is 1. The van der Waals surface area contributed by atoms with Crippen molar-refractivity contribution in [2.24, 2.45) is 0 Å². The first-order chi connectivity index (χ1) is 12.8. The molecule has 150 valence electrons. The Morgan fingerprint density at radius 1 is 1.21 bits per heavy atom. The number of carbonyl (C=O) groups excluding carboxylic acids is 1. The molecule has 0 spiro atoms. The Bertz CT molecular complexity index is 1030. The van der Waals surface area contributed by atoms with E-state index in [1.807, 2.05) is 0 Å². The smallest absolute Gasteiger partial charge is 0.397 e. The minimum absolute atomic E-state index is 0.0958. The van der Waals surface area contributed by atoms with E-state index in [-0.39, 0.29) is 34.3 Å². The van der Waals surface area contributed by atoms with E-state index in [1.54, 1.807) is 6.92 Å². The maximum Gasteiger partial charge on any atom is 0.416 e. The van der Waals surface area contributed by atoms with Crippen LogP contribution in [0.3, 0.4) is 0 Å². The average molecular weight is 415 g/mol. The first-order valence-corrected chi connectivity index (χ1v) is 9.49. The number of rotatable bonds is 3. The summed E-state index contributed by atoms with van der Waals surface area (Å²) >= 11 is 0. The summed E-state index contributed by atoms with van der Waals surface area (Å²) in [6.07, 6.45) is -3.66. The lowest BCUT2D eigenvalue weighted by Crippen LogP contribution is -2.61. The molecule has 0 aliphatic carbocycles. The second-order valence-corrected chi connectivity index (χ2v) is 8.74. The lowest BCUT2D eigenvalue weighted by molar-refractivity contribution is -0.137. The van der Waals surface area contributed by atoms with Crippen molar-refractivity contribution in [1.82, 2.24) is 9.88 Å². The molecule has 0 radical (unpaired) electrons. The van der Waals surface area contributed by atoms with E-state index >= 15 is 0 Å². The number of amides is 1. The maximum atomic E-state index is 12.6. The first kappa shape index (κ1) is 20.1. The number of carbonyl (C=O) groups is 1. The summed E-state index contributed by atoms with van der Waals surface area (Å²) in [5, 5.41) is 9.70. The molecule has 1 aliphatic heterocycles. The van der Waals surface area contributed by atoms with Gasteiger partial charge in [-0.15, -0.1) is 0 Å². The number of likely N-dealkylation sites (tertiary alicyclic amines) is 1. The molecule has 0 bridgehead atoms. The molecule has 1 aliphatic rings. The zero-order valence-corrected chi connectivity index (χ0v) is 15.4. The molecule has 0 atom stereocenters. The molecule has 1 aromatic heterocycles. The predicted octanol–water partition coefficient (Wildman–Crippen LogP) is 1.72. The maximum absolute atomic E-state index is 12.6. The second-order valence-electron chi connectivity index (χ2n) is 6.79. The van der Waals surface area contributed by atoms with E-state index in [4.69, 9.17) is 5.73 Å². The summed E-state index contributed by atoms with van der Waals surface area (Å²) in [5.74, 6) is -0.553. The van der Waals surface area contributed by atoms with Crippen LogP contribution < -0.4 is 5.73 Å². The molecule has 3 N–H and O–H groups in total. The highest BCUT2D eigenvalue weighted by Crippen LogP contribution is 2.31. The Labute approximate surface area is 158 Å². The zero-order valence-electron chi connectivity index (χ0n) is 14.6. The van der Waals surface area contributed by atoms with E-state index in [9.17, 15) is 31.5 Å². The summed E-state index contributed by atoms with van der Waals surface area (Å²) in [4.78, 5) is 16.7. The SMILES string of the molecule is CC1(O)CN(C(=O)c2ncc(S(=O)(=O)c3ccc(C(F)(F)F)cc3)cc2N)C1.